The number of amides is 2. The van der Waals surface area contributed by atoms with Crippen LogP contribution in [-0.4, -0.2) is 72.3 Å². The van der Waals surface area contributed by atoms with E-state index < -0.39 is 0 Å². The first-order valence-corrected chi connectivity index (χ1v) is 10.2. The quantitative estimate of drug-likeness (QED) is 0.787. The number of fused-ring (bicyclic) bond motifs is 1. The molecule has 1 aliphatic heterocycles. The maximum absolute atomic E-state index is 13.5. The molecule has 0 bridgehead atoms. The van der Waals surface area contributed by atoms with E-state index in [1.165, 1.54) is 23.5 Å². The second-order valence-corrected chi connectivity index (χ2v) is 7.88. The van der Waals surface area contributed by atoms with Gasteiger partial charge in [-0.3, -0.25) is 14.5 Å². The summed E-state index contributed by atoms with van der Waals surface area (Å²) < 4.78 is 14.4. The summed E-state index contributed by atoms with van der Waals surface area (Å²) in [6.45, 7) is 10.3. The second kappa shape index (κ2) is 8.35. The minimum Gasteiger partial charge on any atom is -0.342 e. The summed E-state index contributed by atoms with van der Waals surface area (Å²) in [5.74, 6) is -0.139. The number of thiophene rings is 1. The number of hydrogen-bond donors (Lipinski definition) is 0. The van der Waals surface area contributed by atoms with E-state index >= 15 is 0 Å². The lowest BCUT2D eigenvalue weighted by Crippen LogP contribution is -2.51. The van der Waals surface area contributed by atoms with Gasteiger partial charge >= 0.3 is 0 Å². The Hall–Kier alpha value is -1.99. The Morgan fingerprint density at radius 1 is 1.15 bits per heavy atom. The average Bonchev–Trinajstić information content (AvgIpc) is 2.99. The fourth-order valence-electron chi connectivity index (χ4n) is 3.52. The van der Waals surface area contributed by atoms with Gasteiger partial charge < -0.3 is 9.80 Å². The van der Waals surface area contributed by atoms with E-state index in [1.54, 1.807) is 6.07 Å². The number of hydrogen-bond acceptors (Lipinski definition) is 4. The Kier molecular flexibility index (Phi) is 6.11. The molecule has 1 aromatic carbocycles. The van der Waals surface area contributed by atoms with Crippen molar-refractivity contribution < 1.29 is 14.0 Å². The van der Waals surface area contributed by atoms with Gasteiger partial charge in [0.2, 0.25) is 5.91 Å². The molecule has 0 radical (unpaired) electrons. The molecule has 5 nitrogen and oxygen atoms in total. The molecule has 2 heterocycles. The zero-order valence-electron chi connectivity index (χ0n) is 16.1. The molecule has 0 N–H and O–H groups in total. The fraction of sp³-hybridized carbons (Fsp3) is 0.500. The molecular weight excluding hydrogens is 365 g/mol. The largest absolute Gasteiger partial charge is 0.342 e. The lowest BCUT2D eigenvalue weighted by Gasteiger charge is -2.35. The predicted octanol–water partition coefficient (Wildman–Crippen LogP) is 2.98. The first-order chi connectivity index (χ1) is 12.9. The molecule has 0 spiro atoms. The minimum atomic E-state index is -0.283. The van der Waals surface area contributed by atoms with Gasteiger partial charge in [-0.2, -0.15) is 0 Å². The van der Waals surface area contributed by atoms with Crippen LogP contribution in [-0.2, 0) is 4.79 Å². The van der Waals surface area contributed by atoms with Gasteiger partial charge in [0.1, 0.15) is 5.82 Å². The molecule has 2 amide bonds. The highest BCUT2D eigenvalue weighted by molar-refractivity contribution is 7.21. The summed E-state index contributed by atoms with van der Waals surface area (Å²) in [6, 6.07) is 4.66. The highest BCUT2D eigenvalue weighted by Gasteiger charge is 2.26. The molecule has 1 aromatic heterocycles. The average molecular weight is 392 g/mol. The van der Waals surface area contributed by atoms with Gasteiger partial charge in [-0.25, -0.2) is 4.39 Å². The third-order valence-electron chi connectivity index (χ3n) is 5.23. The maximum Gasteiger partial charge on any atom is 0.264 e. The lowest BCUT2D eigenvalue weighted by atomic mass is 10.1. The number of aryl methyl sites for hydroxylation is 1. The molecule has 0 unspecified atom stereocenters. The topological polar surface area (TPSA) is 43.9 Å². The van der Waals surface area contributed by atoms with Crippen LogP contribution >= 0.6 is 11.3 Å². The summed E-state index contributed by atoms with van der Waals surface area (Å²) >= 11 is 1.42. The van der Waals surface area contributed by atoms with Crippen LogP contribution in [0.2, 0.25) is 0 Å². The van der Waals surface area contributed by atoms with E-state index in [2.05, 4.69) is 4.90 Å². The Morgan fingerprint density at radius 3 is 2.44 bits per heavy atom. The van der Waals surface area contributed by atoms with Gasteiger partial charge in [-0.05, 0) is 49.9 Å². The van der Waals surface area contributed by atoms with Crippen molar-refractivity contribution in [2.45, 2.75) is 20.8 Å². The summed E-state index contributed by atoms with van der Waals surface area (Å²) in [5.41, 5.74) is 0.846. The highest BCUT2D eigenvalue weighted by Crippen LogP contribution is 2.32. The van der Waals surface area contributed by atoms with Crippen LogP contribution in [0.1, 0.15) is 29.1 Å². The first-order valence-electron chi connectivity index (χ1n) is 9.42. The smallest absolute Gasteiger partial charge is 0.264 e. The number of carbonyl (C=O) groups excluding carboxylic acids is 2. The Balaban J connectivity index is 1.64. The summed E-state index contributed by atoms with van der Waals surface area (Å²) in [6.07, 6.45) is 0. The number of likely N-dealkylation sites (N-methyl/N-ethyl adjacent to an activating group) is 1. The Labute approximate surface area is 163 Å². The van der Waals surface area contributed by atoms with Gasteiger partial charge in [0.05, 0.1) is 11.4 Å². The van der Waals surface area contributed by atoms with E-state index in [0.29, 0.717) is 37.6 Å². The monoisotopic (exact) mass is 391 g/mol. The van der Waals surface area contributed by atoms with Crippen molar-refractivity contribution in [2.75, 3.05) is 45.8 Å². The molecule has 2 aromatic rings. The van der Waals surface area contributed by atoms with Crippen LogP contribution in [0.3, 0.4) is 0 Å². The molecule has 0 aliphatic carbocycles. The Bertz CT molecular complexity index is 839. The molecule has 146 valence electrons. The van der Waals surface area contributed by atoms with Crippen LogP contribution in [0, 0.1) is 12.7 Å². The van der Waals surface area contributed by atoms with Crippen LogP contribution in [0.15, 0.2) is 18.2 Å². The fourth-order valence-corrected chi connectivity index (χ4v) is 4.67. The number of nitrogens with zero attached hydrogens (tertiary/aromatic N) is 3. The van der Waals surface area contributed by atoms with Gasteiger partial charge in [0.15, 0.2) is 0 Å². The van der Waals surface area contributed by atoms with Gasteiger partial charge in [0, 0.05) is 44.0 Å². The number of piperazine rings is 1. The van der Waals surface area contributed by atoms with E-state index in [-0.39, 0.29) is 17.6 Å². The molecule has 0 saturated carbocycles. The molecule has 3 rings (SSSR count). The minimum absolute atomic E-state index is 0.00354. The third kappa shape index (κ3) is 4.14. The first kappa shape index (κ1) is 19.8. The van der Waals surface area contributed by atoms with Crippen molar-refractivity contribution in [3.8, 4) is 0 Å². The molecule has 27 heavy (non-hydrogen) atoms. The summed E-state index contributed by atoms with van der Waals surface area (Å²) in [7, 11) is 0. The van der Waals surface area contributed by atoms with Crippen LogP contribution in [0.25, 0.3) is 10.1 Å². The van der Waals surface area contributed by atoms with Crippen molar-refractivity contribution in [1.82, 2.24) is 14.7 Å². The van der Waals surface area contributed by atoms with Gasteiger partial charge in [-0.1, -0.05) is 0 Å². The zero-order valence-corrected chi connectivity index (χ0v) is 16.9. The van der Waals surface area contributed by atoms with Gasteiger partial charge in [-0.15, -0.1) is 11.3 Å². The normalized spacial score (nSPS) is 15.3. The van der Waals surface area contributed by atoms with Crippen molar-refractivity contribution in [3.05, 3.63) is 34.5 Å². The summed E-state index contributed by atoms with van der Waals surface area (Å²) in [5, 5.41) is 0.812. The van der Waals surface area contributed by atoms with Gasteiger partial charge in [0.25, 0.3) is 5.91 Å². The molecule has 1 fully saturated rings. The highest BCUT2D eigenvalue weighted by atomic mass is 32.1. The SMILES string of the molecule is CCN(CC)C(=O)CN1CCN(C(=O)c2sc3ccc(F)cc3c2C)CC1. The van der Waals surface area contributed by atoms with E-state index in [0.717, 1.165) is 28.7 Å². The van der Waals surface area contributed by atoms with Crippen LogP contribution < -0.4 is 0 Å². The second-order valence-electron chi connectivity index (χ2n) is 6.83. The van der Waals surface area contributed by atoms with E-state index in [4.69, 9.17) is 0 Å². The van der Waals surface area contributed by atoms with Crippen molar-refractivity contribution in [3.63, 3.8) is 0 Å². The zero-order chi connectivity index (χ0) is 19.6. The lowest BCUT2D eigenvalue weighted by molar-refractivity contribution is -0.132. The van der Waals surface area contributed by atoms with E-state index in [1.807, 2.05) is 30.6 Å². The predicted molar refractivity (Wildman–Crippen MR) is 107 cm³/mol. The molecular formula is C20H26FN3O2S. The molecule has 7 heteroatoms. The standard InChI is InChI=1S/C20H26FN3O2S/c1-4-23(5-2)18(25)13-22-8-10-24(11-9-22)20(26)19-14(3)16-12-15(21)6-7-17(16)27-19/h6-7,12H,4-5,8-11,13H2,1-3H3. The van der Waals surface area contributed by atoms with Crippen molar-refractivity contribution >= 4 is 33.2 Å². The number of rotatable bonds is 5. The Morgan fingerprint density at radius 2 is 1.81 bits per heavy atom. The summed E-state index contributed by atoms with van der Waals surface area (Å²) in [4.78, 5) is 31.7. The van der Waals surface area contributed by atoms with Crippen LogP contribution in [0.5, 0.6) is 0 Å². The number of carbonyl (C=O) groups is 2. The van der Waals surface area contributed by atoms with Crippen molar-refractivity contribution in [1.29, 1.82) is 0 Å². The number of halogens is 1. The van der Waals surface area contributed by atoms with E-state index in [9.17, 15) is 14.0 Å². The molecule has 0 atom stereocenters. The maximum atomic E-state index is 13.5. The van der Waals surface area contributed by atoms with Crippen molar-refractivity contribution in [2.24, 2.45) is 0 Å². The molecule has 1 saturated heterocycles. The molecule has 1 aliphatic rings. The number of benzene rings is 1. The van der Waals surface area contributed by atoms with Crippen LogP contribution in [0.4, 0.5) is 4.39 Å². The third-order valence-corrected chi connectivity index (χ3v) is 6.49.